The molecule has 1 atom stereocenters. The van der Waals surface area contributed by atoms with E-state index in [-0.39, 0.29) is 0 Å². The third-order valence-electron chi connectivity index (χ3n) is 3.87. The Labute approximate surface area is 126 Å². The minimum Gasteiger partial charge on any atom is -0.491 e. The summed E-state index contributed by atoms with van der Waals surface area (Å²) in [4.78, 5) is 0. The Bertz CT molecular complexity index is 403. The second kappa shape index (κ2) is 7.30. The highest BCUT2D eigenvalue weighted by atomic mass is 35.5. The van der Waals surface area contributed by atoms with Crippen LogP contribution in [-0.2, 0) is 0 Å². The summed E-state index contributed by atoms with van der Waals surface area (Å²) < 4.78 is 5.52. The molecule has 1 aliphatic rings. The van der Waals surface area contributed by atoms with E-state index in [1.165, 1.54) is 25.7 Å². The van der Waals surface area contributed by atoms with Crippen LogP contribution >= 0.6 is 11.6 Å². The zero-order valence-electron chi connectivity index (χ0n) is 12.1. The van der Waals surface area contributed by atoms with Gasteiger partial charge in [-0.15, -0.1) is 0 Å². The molecule has 0 aliphatic heterocycles. The van der Waals surface area contributed by atoms with Crippen LogP contribution in [-0.4, -0.2) is 30.9 Å². The molecule has 20 heavy (non-hydrogen) atoms. The highest BCUT2D eigenvalue weighted by Crippen LogP contribution is 2.48. The van der Waals surface area contributed by atoms with E-state index in [4.69, 9.17) is 16.3 Å². The quantitative estimate of drug-likeness (QED) is 0.735. The van der Waals surface area contributed by atoms with Gasteiger partial charge in [-0.05, 0) is 48.9 Å². The van der Waals surface area contributed by atoms with Gasteiger partial charge in [-0.3, -0.25) is 0 Å². The second-order valence-electron chi connectivity index (χ2n) is 5.80. The fourth-order valence-corrected chi connectivity index (χ4v) is 2.63. The summed E-state index contributed by atoms with van der Waals surface area (Å²) in [5, 5.41) is 14.0. The summed E-state index contributed by atoms with van der Waals surface area (Å²) in [7, 11) is 0. The molecule has 1 aliphatic carbocycles. The van der Waals surface area contributed by atoms with Crippen molar-refractivity contribution in [1.82, 2.24) is 5.32 Å². The summed E-state index contributed by atoms with van der Waals surface area (Å²) in [6.45, 7) is 4.13. The van der Waals surface area contributed by atoms with Gasteiger partial charge in [-0.1, -0.05) is 24.9 Å². The molecule has 1 fully saturated rings. The molecule has 0 radical (unpaired) electrons. The van der Waals surface area contributed by atoms with Crippen LogP contribution in [0, 0.1) is 5.41 Å². The molecule has 0 saturated heterocycles. The van der Waals surface area contributed by atoms with Crippen molar-refractivity contribution in [2.24, 2.45) is 5.41 Å². The van der Waals surface area contributed by atoms with Crippen LogP contribution in [0.3, 0.4) is 0 Å². The molecule has 1 unspecified atom stereocenters. The molecule has 4 heteroatoms. The second-order valence-corrected chi connectivity index (χ2v) is 6.24. The molecule has 0 spiro atoms. The van der Waals surface area contributed by atoms with Gasteiger partial charge in [0.25, 0.3) is 0 Å². The van der Waals surface area contributed by atoms with E-state index < -0.39 is 6.10 Å². The Hall–Kier alpha value is -0.770. The monoisotopic (exact) mass is 297 g/mol. The van der Waals surface area contributed by atoms with Crippen LogP contribution in [0.5, 0.6) is 5.75 Å². The zero-order chi connectivity index (χ0) is 14.4. The predicted octanol–water partition coefficient (Wildman–Crippen LogP) is 3.25. The smallest absolute Gasteiger partial charge is 0.119 e. The minimum atomic E-state index is -0.483. The number of aliphatic hydroxyl groups is 1. The van der Waals surface area contributed by atoms with Crippen molar-refractivity contribution >= 4 is 11.6 Å². The van der Waals surface area contributed by atoms with Crippen molar-refractivity contribution < 1.29 is 9.84 Å². The Balaban J connectivity index is 1.61. The van der Waals surface area contributed by atoms with E-state index in [2.05, 4.69) is 12.2 Å². The van der Waals surface area contributed by atoms with Gasteiger partial charge in [-0.2, -0.15) is 0 Å². The van der Waals surface area contributed by atoms with Gasteiger partial charge in [0, 0.05) is 18.1 Å². The van der Waals surface area contributed by atoms with Crippen molar-refractivity contribution in [2.45, 2.75) is 38.7 Å². The molecule has 1 saturated carbocycles. The number of ether oxygens (including phenoxy) is 1. The molecule has 2 rings (SSSR count). The SMILES string of the molecule is CCCC1(CNCC(O)COc2ccc(Cl)cc2)CC1. The fraction of sp³-hybridized carbons (Fsp3) is 0.625. The minimum absolute atomic E-state index is 0.301. The number of nitrogens with one attached hydrogen (secondary N) is 1. The number of hydrogen-bond acceptors (Lipinski definition) is 3. The predicted molar refractivity (Wildman–Crippen MR) is 82.4 cm³/mol. The van der Waals surface area contributed by atoms with Crippen LogP contribution in [0.15, 0.2) is 24.3 Å². The maximum absolute atomic E-state index is 9.90. The molecule has 0 bridgehead atoms. The van der Waals surface area contributed by atoms with Crippen molar-refractivity contribution in [3.63, 3.8) is 0 Å². The van der Waals surface area contributed by atoms with Crippen LogP contribution in [0.2, 0.25) is 5.02 Å². The Morgan fingerprint density at radius 2 is 2.05 bits per heavy atom. The first-order valence-electron chi connectivity index (χ1n) is 7.41. The normalized spacial score (nSPS) is 17.8. The molecule has 3 nitrogen and oxygen atoms in total. The first-order chi connectivity index (χ1) is 9.63. The maximum atomic E-state index is 9.90. The topological polar surface area (TPSA) is 41.5 Å². The van der Waals surface area contributed by atoms with Gasteiger partial charge >= 0.3 is 0 Å². The van der Waals surface area contributed by atoms with Gasteiger partial charge < -0.3 is 15.2 Å². The molecule has 0 heterocycles. The summed E-state index contributed by atoms with van der Waals surface area (Å²) >= 11 is 5.80. The number of benzene rings is 1. The Kier molecular flexibility index (Phi) is 5.70. The van der Waals surface area contributed by atoms with E-state index in [0.29, 0.717) is 23.6 Å². The van der Waals surface area contributed by atoms with Gasteiger partial charge in [0.05, 0.1) is 0 Å². The molecule has 0 aromatic heterocycles. The van der Waals surface area contributed by atoms with E-state index >= 15 is 0 Å². The molecular weight excluding hydrogens is 274 g/mol. The van der Waals surface area contributed by atoms with E-state index in [0.717, 1.165) is 12.3 Å². The van der Waals surface area contributed by atoms with Crippen molar-refractivity contribution in [1.29, 1.82) is 0 Å². The first-order valence-corrected chi connectivity index (χ1v) is 7.78. The standard InChI is InChI=1S/C16H24ClNO2/c1-2-7-16(8-9-16)12-18-10-14(19)11-20-15-5-3-13(17)4-6-15/h3-6,14,18-19H,2,7-12H2,1H3. The highest BCUT2D eigenvalue weighted by molar-refractivity contribution is 6.30. The lowest BCUT2D eigenvalue weighted by Gasteiger charge is -2.17. The Morgan fingerprint density at radius 1 is 1.35 bits per heavy atom. The van der Waals surface area contributed by atoms with Crippen LogP contribution in [0.1, 0.15) is 32.6 Å². The zero-order valence-corrected chi connectivity index (χ0v) is 12.8. The van der Waals surface area contributed by atoms with Gasteiger partial charge in [-0.25, -0.2) is 0 Å². The molecule has 112 valence electrons. The van der Waals surface area contributed by atoms with Crippen molar-refractivity contribution in [3.8, 4) is 5.75 Å². The van der Waals surface area contributed by atoms with E-state index in [1.807, 2.05) is 12.1 Å². The lowest BCUT2D eigenvalue weighted by Crippen LogP contribution is -2.34. The number of halogens is 1. The number of rotatable bonds is 9. The summed E-state index contributed by atoms with van der Waals surface area (Å²) in [6, 6.07) is 7.18. The summed E-state index contributed by atoms with van der Waals surface area (Å²) in [6.07, 6.45) is 4.70. The van der Waals surface area contributed by atoms with Gasteiger partial charge in [0.15, 0.2) is 0 Å². The van der Waals surface area contributed by atoms with Crippen molar-refractivity contribution in [2.75, 3.05) is 19.7 Å². The molecular formula is C16H24ClNO2. The van der Waals surface area contributed by atoms with Gasteiger partial charge in [0.2, 0.25) is 0 Å². The summed E-state index contributed by atoms with van der Waals surface area (Å²) in [5.74, 6) is 0.734. The Morgan fingerprint density at radius 3 is 2.65 bits per heavy atom. The van der Waals surface area contributed by atoms with Crippen molar-refractivity contribution in [3.05, 3.63) is 29.3 Å². The fourth-order valence-electron chi connectivity index (χ4n) is 2.51. The average Bonchev–Trinajstić information content (AvgIpc) is 3.18. The molecule has 1 aromatic rings. The molecule has 0 amide bonds. The number of aliphatic hydroxyl groups excluding tert-OH is 1. The lowest BCUT2D eigenvalue weighted by atomic mass is 10.0. The van der Waals surface area contributed by atoms with E-state index in [1.54, 1.807) is 12.1 Å². The third-order valence-corrected chi connectivity index (χ3v) is 4.13. The first kappa shape index (κ1) is 15.6. The average molecular weight is 298 g/mol. The van der Waals surface area contributed by atoms with Crippen LogP contribution < -0.4 is 10.1 Å². The molecule has 2 N–H and O–H groups in total. The summed E-state index contributed by atoms with van der Waals surface area (Å²) in [5.41, 5.74) is 0.519. The largest absolute Gasteiger partial charge is 0.491 e. The van der Waals surface area contributed by atoms with Gasteiger partial charge in [0.1, 0.15) is 18.5 Å². The number of hydrogen-bond donors (Lipinski definition) is 2. The maximum Gasteiger partial charge on any atom is 0.119 e. The van der Waals surface area contributed by atoms with Crippen LogP contribution in [0.25, 0.3) is 0 Å². The van der Waals surface area contributed by atoms with E-state index in [9.17, 15) is 5.11 Å². The van der Waals surface area contributed by atoms with Crippen LogP contribution in [0.4, 0.5) is 0 Å². The lowest BCUT2D eigenvalue weighted by molar-refractivity contribution is 0.105. The highest BCUT2D eigenvalue weighted by Gasteiger charge is 2.40. The molecule has 1 aromatic carbocycles. The third kappa shape index (κ3) is 4.97.